The average molecular weight is 399 g/mol. The molecule has 0 bridgehead atoms. The van der Waals surface area contributed by atoms with Crippen LogP contribution in [0.5, 0.6) is 5.75 Å². The van der Waals surface area contributed by atoms with Crippen LogP contribution in [0.3, 0.4) is 0 Å². The molecule has 0 saturated heterocycles. The SMILES string of the molecule is C#Cc1cc(CO)c(OCc2ccc(C=N[C@H](C)c3ccccc3)cc2)c(CO)c1. The molecule has 3 aromatic carbocycles. The third-order valence-corrected chi connectivity index (χ3v) is 4.84. The monoisotopic (exact) mass is 399 g/mol. The summed E-state index contributed by atoms with van der Waals surface area (Å²) in [5, 5.41) is 19.3. The predicted octanol–water partition coefficient (Wildman–Crippen LogP) is 4.41. The molecule has 152 valence electrons. The fourth-order valence-corrected chi connectivity index (χ4v) is 3.13. The topological polar surface area (TPSA) is 62.0 Å². The highest BCUT2D eigenvalue weighted by molar-refractivity contribution is 5.79. The van der Waals surface area contributed by atoms with E-state index >= 15 is 0 Å². The lowest BCUT2D eigenvalue weighted by Gasteiger charge is -2.15. The van der Waals surface area contributed by atoms with Crippen LogP contribution in [0.2, 0.25) is 0 Å². The van der Waals surface area contributed by atoms with Crippen molar-refractivity contribution in [1.29, 1.82) is 0 Å². The summed E-state index contributed by atoms with van der Waals surface area (Å²) in [6, 6.07) is 21.6. The van der Waals surface area contributed by atoms with Gasteiger partial charge in [0.1, 0.15) is 12.4 Å². The van der Waals surface area contributed by atoms with Crippen molar-refractivity contribution in [1.82, 2.24) is 0 Å². The van der Waals surface area contributed by atoms with Gasteiger partial charge in [0.15, 0.2) is 0 Å². The summed E-state index contributed by atoms with van der Waals surface area (Å²) in [6.45, 7) is 1.95. The molecule has 4 nitrogen and oxygen atoms in total. The smallest absolute Gasteiger partial charge is 0.130 e. The molecule has 0 amide bonds. The summed E-state index contributed by atoms with van der Waals surface area (Å²) in [6.07, 6.45) is 7.31. The van der Waals surface area contributed by atoms with Gasteiger partial charge in [0, 0.05) is 22.9 Å². The fourth-order valence-electron chi connectivity index (χ4n) is 3.13. The number of aliphatic hydroxyl groups excluding tert-OH is 2. The zero-order valence-electron chi connectivity index (χ0n) is 17.0. The van der Waals surface area contributed by atoms with Crippen LogP contribution in [0.25, 0.3) is 0 Å². The van der Waals surface area contributed by atoms with Gasteiger partial charge in [-0.1, -0.05) is 60.5 Å². The number of hydrogen-bond donors (Lipinski definition) is 2. The Labute approximate surface area is 177 Å². The Hall–Kier alpha value is -3.39. The Bertz CT molecular complexity index is 1010. The lowest BCUT2D eigenvalue weighted by atomic mass is 10.0. The lowest BCUT2D eigenvalue weighted by Crippen LogP contribution is -2.03. The van der Waals surface area contributed by atoms with Gasteiger partial charge in [-0.15, -0.1) is 6.42 Å². The molecule has 30 heavy (non-hydrogen) atoms. The highest BCUT2D eigenvalue weighted by Crippen LogP contribution is 2.27. The van der Waals surface area contributed by atoms with Crippen LogP contribution in [0.15, 0.2) is 71.7 Å². The summed E-state index contributed by atoms with van der Waals surface area (Å²) < 4.78 is 5.91. The summed E-state index contributed by atoms with van der Waals surface area (Å²) in [7, 11) is 0. The molecule has 4 heteroatoms. The maximum atomic E-state index is 9.63. The first kappa shape index (κ1) is 21.3. The van der Waals surface area contributed by atoms with Gasteiger partial charge < -0.3 is 14.9 Å². The van der Waals surface area contributed by atoms with Gasteiger partial charge in [-0.05, 0) is 35.7 Å². The number of aliphatic imine (C=N–C) groups is 1. The number of benzene rings is 3. The second-order valence-corrected chi connectivity index (χ2v) is 6.98. The van der Waals surface area contributed by atoms with Crippen molar-refractivity contribution in [3.8, 4) is 18.1 Å². The van der Waals surface area contributed by atoms with Gasteiger partial charge in [0.25, 0.3) is 0 Å². The van der Waals surface area contributed by atoms with Gasteiger partial charge in [-0.25, -0.2) is 0 Å². The quantitative estimate of drug-likeness (QED) is 0.436. The van der Waals surface area contributed by atoms with E-state index in [4.69, 9.17) is 11.2 Å². The van der Waals surface area contributed by atoms with E-state index in [0.29, 0.717) is 29.0 Å². The van der Waals surface area contributed by atoms with Gasteiger partial charge in [0.2, 0.25) is 0 Å². The van der Waals surface area contributed by atoms with Crippen LogP contribution < -0.4 is 4.74 Å². The van der Waals surface area contributed by atoms with E-state index in [1.165, 1.54) is 5.56 Å². The Morgan fingerprint density at radius 1 is 1.00 bits per heavy atom. The molecule has 0 fully saturated rings. The summed E-state index contributed by atoms with van der Waals surface area (Å²) in [5.74, 6) is 3.00. The molecule has 0 aromatic heterocycles. The minimum absolute atomic E-state index is 0.0917. The lowest BCUT2D eigenvalue weighted by molar-refractivity contribution is 0.242. The summed E-state index contributed by atoms with van der Waals surface area (Å²) in [4.78, 5) is 4.62. The van der Waals surface area contributed by atoms with E-state index < -0.39 is 0 Å². The van der Waals surface area contributed by atoms with Crippen molar-refractivity contribution in [3.63, 3.8) is 0 Å². The standard InChI is InChI=1S/C26H25NO3/c1-3-20-13-24(16-28)26(25(14-20)17-29)30-18-22-11-9-21(10-12-22)15-27-19(2)23-7-5-4-6-8-23/h1,4-15,19,28-29H,16-18H2,2H3/t19-/m1/s1. The van der Waals surface area contributed by atoms with Crippen LogP contribution in [-0.4, -0.2) is 16.4 Å². The molecule has 3 aromatic rings. The zero-order chi connectivity index (χ0) is 21.3. The van der Waals surface area contributed by atoms with Crippen LogP contribution >= 0.6 is 0 Å². The molecule has 0 radical (unpaired) electrons. The highest BCUT2D eigenvalue weighted by atomic mass is 16.5. The van der Waals surface area contributed by atoms with Crippen LogP contribution in [0.1, 0.15) is 46.3 Å². The fraction of sp³-hybridized carbons (Fsp3) is 0.192. The van der Waals surface area contributed by atoms with E-state index in [2.05, 4.69) is 30.0 Å². The molecule has 0 aliphatic rings. The van der Waals surface area contributed by atoms with Crippen LogP contribution in [0.4, 0.5) is 0 Å². The van der Waals surface area contributed by atoms with E-state index in [1.54, 1.807) is 12.1 Å². The third kappa shape index (κ3) is 5.36. The zero-order valence-corrected chi connectivity index (χ0v) is 17.0. The van der Waals surface area contributed by atoms with Crippen molar-refractivity contribution in [2.24, 2.45) is 4.99 Å². The number of aliphatic hydroxyl groups is 2. The highest BCUT2D eigenvalue weighted by Gasteiger charge is 2.11. The molecule has 0 aliphatic carbocycles. The first-order valence-corrected chi connectivity index (χ1v) is 9.78. The number of nitrogens with zero attached hydrogens (tertiary/aromatic N) is 1. The van der Waals surface area contributed by atoms with Gasteiger partial charge in [-0.3, -0.25) is 4.99 Å². The number of rotatable bonds is 8. The molecule has 0 saturated carbocycles. The number of hydrogen-bond acceptors (Lipinski definition) is 4. The van der Waals surface area contributed by atoms with E-state index in [9.17, 15) is 10.2 Å². The molecule has 3 rings (SSSR count). The molecule has 0 spiro atoms. The largest absolute Gasteiger partial charge is 0.488 e. The first-order valence-electron chi connectivity index (χ1n) is 9.78. The second-order valence-electron chi connectivity index (χ2n) is 6.98. The Morgan fingerprint density at radius 2 is 1.63 bits per heavy atom. The molecule has 2 N–H and O–H groups in total. The van der Waals surface area contributed by atoms with Gasteiger partial charge >= 0.3 is 0 Å². The number of terminal acetylenes is 1. The molecular weight excluding hydrogens is 374 g/mol. The van der Waals surface area contributed by atoms with Gasteiger partial charge in [0.05, 0.1) is 19.3 Å². The third-order valence-electron chi connectivity index (χ3n) is 4.84. The second kappa shape index (κ2) is 10.4. The minimum atomic E-state index is -0.215. The van der Waals surface area contributed by atoms with Crippen molar-refractivity contribution in [2.75, 3.05) is 0 Å². The van der Waals surface area contributed by atoms with Crippen molar-refractivity contribution < 1.29 is 14.9 Å². The van der Waals surface area contributed by atoms with Crippen molar-refractivity contribution in [3.05, 3.63) is 100 Å². The Morgan fingerprint density at radius 3 is 2.20 bits per heavy atom. The van der Waals surface area contributed by atoms with E-state index in [-0.39, 0.29) is 19.3 Å². The van der Waals surface area contributed by atoms with Crippen molar-refractivity contribution in [2.45, 2.75) is 32.8 Å². The van der Waals surface area contributed by atoms with Crippen LogP contribution in [0, 0.1) is 12.3 Å². The van der Waals surface area contributed by atoms with Gasteiger partial charge in [-0.2, -0.15) is 0 Å². The normalized spacial score (nSPS) is 11.9. The number of ether oxygens (including phenoxy) is 1. The Balaban J connectivity index is 1.67. The average Bonchev–Trinajstić information content (AvgIpc) is 2.81. The van der Waals surface area contributed by atoms with E-state index in [1.807, 2.05) is 48.7 Å². The predicted molar refractivity (Wildman–Crippen MR) is 119 cm³/mol. The molecule has 0 unspecified atom stereocenters. The molecule has 1 atom stereocenters. The summed E-state index contributed by atoms with van der Waals surface area (Å²) >= 11 is 0. The molecule has 0 heterocycles. The van der Waals surface area contributed by atoms with Crippen LogP contribution in [-0.2, 0) is 19.8 Å². The maximum Gasteiger partial charge on any atom is 0.130 e. The summed E-state index contributed by atoms with van der Waals surface area (Å²) in [5.41, 5.74) is 4.88. The minimum Gasteiger partial charge on any atom is -0.488 e. The first-order chi connectivity index (χ1) is 14.6. The van der Waals surface area contributed by atoms with E-state index in [0.717, 1.165) is 11.1 Å². The molecular formula is C26H25NO3. The Kier molecular flexibility index (Phi) is 7.40. The molecule has 0 aliphatic heterocycles. The van der Waals surface area contributed by atoms with Crippen molar-refractivity contribution >= 4 is 6.21 Å². The maximum absolute atomic E-state index is 9.63.